The van der Waals surface area contributed by atoms with Crippen molar-refractivity contribution in [2.75, 3.05) is 45.2 Å². The van der Waals surface area contributed by atoms with Gasteiger partial charge in [-0.05, 0) is 78.5 Å². The molecule has 0 spiro atoms. The molecule has 2 N–H and O–H groups in total. The van der Waals surface area contributed by atoms with Crippen LogP contribution in [0.3, 0.4) is 0 Å². The fraction of sp³-hybridized carbons (Fsp3) is 0.649. The number of fused-ring (bicyclic) bond motifs is 6. The van der Waals surface area contributed by atoms with Crippen molar-refractivity contribution < 1.29 is 43.2 Å². The van der Waals surface area contributed by atoms with Gasteiger partial charge in [-0.15, -0.1) is 0 Å². The summed E-state index contributed by atoms with van der Waals surface area (Å²) in [5.74, 6) is 0.484. The Kier molecular flexibility index (Phi) is 14.1. The molecule has 15 heteroatoms. The first-order valence-electron chi connectivity index (χ1n) is 17.4. The molecule has 4 heterocycles. The quantitative estimate of drug-likeness (QED) is 0.166. The highest BCUT2D eigenvalue weighted by atomic mass is 35.5. The van der Waals surface area contributed by atoms with Crippen LogP contribution in [0.15, 0.2) is 35.9 Å². The maximum Gasteiger partial charge on any atom is 0.409 e. The lowest BCUT2D eigenvalue weighted by molar-refractivity contribution is -0.328. The number of ether oxygens (including phenoxy) is 5. The predicted molar refractivity (Wildman–Crippen MR) is 206 cm³/mol. The molecule has 12 nitrogen and oxygen atoms in total. The van der Waals surface area contributed by atoms with E-state index in [4.69, 9.17) is 35.3 Å². The molecule has 0 radical (unpaired) electrons. The second-order valence-electron chi connectivity index (χ2n) is 14.5. The Balaban J connectivity index is 1.74. The molecule has 290 valence electrons. The molecule has 6 bridgehead atoms. The predicted octanol–water partition coefficient (Wildman–Crippen LogP) is 5.92. The summed E-state index contributed by atoms with van der Waals surface area (Å²) >= 11 is 6.78. The lowest BCUT2D eigenvalue weighted by Gasteiger charge is -2.59. The van der Waals surface area contributed by atoms with Crippen molar-refractivity contribution >= 4 is 56.8 Å². The van der Waals surface area contributed by atoms with E-state index in [2.05, 4.69) is 12.2 Å². The van der Waals surface area contributed by atoms with Crippen LogP contribution in [0.5, 0.6) is 5.75 Å². The zero-order valence-corrected chi connectivity index (χ0v) is 34.2. The first kappa shape index (κ1) is 42.3. The van der Waals surface area contributed by atoms with Gasteiger partial charge in [0.2, 0.25) is 5.91 Å². The minimum absolute atomic E-state index is 0.0539. The average Bonchev–Trinajstić information content (AvgIpc) is 3.07. The Morgan fingerprint density at radius 3 is 2.56 bits per heavy atom. The van der Waals surface area contributed by atoms with Crippen molar-refractivity contribution in [1.29, 1.82) is 0 Å². The van der Waals surface area contributed by atoms with Crippen molar-refractivity contribution in [2.45, 2.75) is 114 Å². The van der Waals surface area contributed by atoms with E-state index in [0.717, 1.165) is 23.3 Å². The number of carbonyl (C=O) groups is 3. The van der Waals surface area contributed by atoms with Gasteiger partial charge in [-0.1, -0.05) is 57.0 Å². The normalized spacial score (nSPS) is 32.4. The summed E-state index contributed by atoms with van der Waals surface area (Å²) in [4.78, 5) is 44.3. The molecule has 4 aliphatic heterocycles. The number of nitrogens with zero attached hydrogens (tertiary/aromatic N) is 2. The molecule has 2 fully saturated rings. The van der Waals surface area contributed by atoms with Gasteiger partial charge in [0, 0.05) is 38.8 Å². The fourth-order valence-corrected chi connectivity index (χ4v) is 8.90. The summed E-state index contributed by atoms with van der Waals surface area (Å²) in [7, 11) is 9.94. The largest absolute Gasteiger partial charge is 0.495 e. The third kappa shape index (κ3) is 9.42. The first-order valence-corrected chi connectivity index (χ1v) is 20.5. The third-order valence-corrected chi connectivity index (χ3v) is 12.7. The smallest absolute Gasteiger partial charge is 0.409 e. The maximum atomic E-state index is 14.2. The van der Waals surface area contributed by atoms with Gasteiger partial charge in [-0.25, -0.2) is 4.79 Å². The Bertz CT molecular complexity index is 1540. The zero-order chi connectivity index (χ0) is 38.6. The lowest BCUT2D eigenvalue weighted by Crippen LogP contribution is -2.72. The van der Waals surface area contributed by atoms with Crippen molar-refractivity contribution in [3.63, 3.8) is 0 Å². The standard InChI is InChI=1S/C37H54ClN3O9S2/c1-22-12-11-13-28(47-9)37(45)20-30(49-34(44)39-37)36(5)21-35(4,50-36)29(48-33(43)24(3)40(6)23(2)14-15-52-51-10)19-31(42)41(7)26-17-25(16-22)18-27(46-8)32(26)38/h11-13,17-18,23-24,28-30,45H,14-16,19-21H2,1-10H3,(H,39,44)/b13-11+,22-12+/t23-,24-,28+,29-,30-,35+,36?,37-/m0/s1. The van der Waals surface area contributed by atoms with E-state index in [1.165, 1.54) is 19.1 Å². The number of allylic oxidation sites excluding steroid dienone is 3. The second-order valence-corrected chi connectivity index (χ2v) is 17.5. The Morgan fingerprint density at radius 2 is 1.92 bits per heavy atom. The number of esters is 1. The number of rotatable bonds is 10. The lowest BCUT2D eigenvalue weighted by atomic mass is 9.72. The molecule has 2 saturated heterocycles. The zero-order valence-electron chi connectivity index (χ0n) is 31.8. The number of benzene rings is 1. The van der Waals surface area contributed by atoms with Crippen LogP contribution >= 0.6 is 33.2 Å². The number of amides is 2. The van der Waals surface area contributed by atoms with E-state index < -0.39 is 53.3 Å². The maximum absolute atomic E-state index is 14.2. The van der Waals surface area contributed by atoms with Crippen LogP contribution in [0.25, 0.3) is 0 Å². The molecule has 0 saturated carbocycles. The number of anilines is 1. The minimum atomic E-state index is -1.82. The van der Waals surface area contributed by atoms with Crippen LogP contribution < -0.4 is 15.0 Å². The van der Waals surface area contributed by atoms with E-state index in [-0.39, 0.29) is 36.2 Å². The highest BCUT2D eigenvalue weighted by molar-refractivity contribution is 8.76. The number of hydrogen-bond donors (Lipinski definition) is 2. The van der Waals surface area contributed by atoms with E-state index in [1.807, 2.05) is 43.3 Å². The molecule has 52 heavy (non-hydrogen) atoms. The Hall–Kier alpha value is -2.46. The molecule has 0 aromatic heterocycles. The highest BCUT2D eigenvalue weighted by Gasteiger charge is 2.63. The van der Waals surface area contributed by atoms with E-state index in [9.17, 15) is 19.5 Å². The summed E-state index contributed by atoms with van der Waals surface area (Å²) in [5, 5.41) is 14.6. The number of methoxy groups -OCH3 is 2. The van der Waals surface area contributed by atoms with E-state index in [0.29, 0.717) is 17.9 Å². The van der Waals surface area contributed by atoms with E-state index >= 15 is 0 Å². The van der Waals surface area contributed by atoms with Gasteiger partial charge in [-0.3, -0.25) is 19.8 Å². The molecule has 4 aliphatic rings. The van der Waals surface area contributed by atoms with Gasteiger partial charge in [-0.2, -0.15) is 0 Å². The number of alkyl carbamates (subject to hydrolysis) is 1. The second kappa shape index (κ2) is 17.3. The topological polar surface area (TPSA) is 136 Å². The fourth-order valence-electron chi connectivity index (χ4n) is 7.19. The molecule has 0 aliphatic carbocycles. The molecule has 1 aromatic carbocycles. The van der Waals surface area contributed by atoms with Gasteiger partial charge < -0.3 is 33.7 Å². The summed E-state index contributed by atoms with van der Waals surface area (Å²) in [6.45, 7) is 9.35. The van der Waals surface area contributed by atoms with Gasteiger partial charge in [0.05, 0.1) is 19.2 Å². The summed E-state index contributed by atoms with van der Waals surface area (Å²) in [5.41, 5.74) is -1.82. The van der Waals surface area contributed by atoms with Gasteiger partial charge in [0.15, 0.2) is 5.72 Å². The van der Waals surface area contributed by atoms with Gasteiger partial charge in [0.1, 0.15) is 46.3 Å². The molecule has 8 atom stereocenters. The minimum Gasteiger partial charge on any atom is -0.495 e. The molecule has 1 unspecified atom stereocenters. The number of carbonyl (C=O) groups excluding carboxylic acids is 3. The highest BCUT2D eigenvalue weighted by Crippen LogP contribution is 2.50. The first-order chi connectivity index (χ1) is 24.4. The van der Waals surface area contributed by atoms with E-state index in [1.54, 1.807) is 61.6 Å². The summed E-state index contributed by atoms with van der Waals surface area (Å²) in [6.07, 6.45) is 5.02. The average molecular weight is 784 g/mol. The molecule has 1 aromatic rings. The van der Waals surface area contributed by atoms with Crippen LogP contribution in [0.1, 0.15) is 65.9 Å². The molecule has 2 amide bonds. The van der Waals surface area contributed by atoms with Crippen molar-refractivity contribution in [3.8, 4) is 5.75 Å². The molecular weight excluding hydrogens is 730 g/mol. The van der Waals surface area contributed by atoms with Crippen LogP contribution in [0.4, 0.5) is 10.5 Å². The summed E-state index contributed by atoms with van der Waals surface area (Å²) in [6, 6.07) is 3.15. The monoisotopic (exact) mass is 783 g/mol. The van der Waals surface area contributed by atoms with Crippen molar-refractivity contribution in [3.05, 3.63) is 46.5 Å². The summed E-state index contributed by atoms with van der Waals surface area (Å²) < 4.78 is 29.8. The Morgan fingerprint density at radius 1 is 1.23 bits per heavy atom. The van der Waals surface area contributed by atoms with Gasteiger partial charge >= 0.3 is 12.1 Å². The SMILES string of the molecule is COc1cc2cc(c1Cl)N(C)C(=O)C[C@H](OC(=O)[C@H](C)N(C)[C@@H](C)CCSSC)[C@@]1(C)CC(C)(O1)[C@@H]1C[C@@](O)(NC(=O)O1)[C@H](OC)/C=C/C=C(\C)C2. The number of hydrogen-bond acceptors (Lipinski definition) is 12. The number of halogens is 1. The number of aliphatic hydroxyl groups is 1. The molecular formula is C37H54ClN3O9S2. The van der Waals surface area contributed by atoms with Gasteiger partial charge in [0.25, 0.3) is 0 Å². The molecule has 5 rings (SSSR count). The van der Waals surface area contributed by atoms with Crippen molar-refractivity contribution in [1.82, 2.24) is 10.2 Å². The van der Waals surface area contributed by atoms with Crippen molar-refractivity contribution in [2.24, 2.45) is 0 Å². The van der Waals surface area contributed by atoms with Crippen LogP contribution in [-0.4, -0.2) is 116 Å². The van der Waals surface area contributed by atoms with Crippen LogP contribution in [-0.2, 0) is 35.0 Å². The number of nitrogens with one attached hydrogen (secondary N) is 1. The third-order valence-electron chi connectivity index (χ3n) is 10.5. The Labute approximate surface area is 320 Å². The van der Waals surface area contributed by atoms with Crippen LogP contribution in [0.2, 0.25) is 5.02 Å². The number of likely N-dealkylation sites (N-methyl/N-ethyl adjacent to an activating group) is 1. The van der Waals surface area contributed by atoms with Crippen LogP contribution in [0, 0.1) is 0 Å².